The van der Waals surface area contributed by atoms with Crippen LogP contribution in [0, 0.1) is 0 Å². The Morgan fingerprint density at radius 2 is 2.27 bits per heavy atom. The Hall–Kier alpha value is -0.870. The smallest absolute Gasteiger partial charge is 0.142 e. The quantitative estimate of drug-likeness (QED) is 0.446. The van der Waals surface area contributed by atoms with E-state index >= 15 is 0 Å². The highest BCUT2D eigenvalue weighted by atomic mass is 79.9. The SMILES string of the molecule is COC1=CC(Br)(C=CC=O)C(OC)C=C1. The lowest BCUT2D eigenvalue weighted by Crippen LogP contribution is -2.34. The number of hydrogen-bond donors (Lipinski definition) is 0. The molecule has 0 saturated heterocycles. The van der Waals surface area contributed by atoms with Crippen molar-refractivity contribution in [2.75, 3.05) is 14.2 Å². The first-order valence-corrected chi connectivity index (χ1v) is 5.25. The molecule has 0 spiro atoms. The second-order valence-electron chi connectivity index (χ2n) is 3.09. The van der Waals surface area contributed by atoms with Crippen LogP contribution in [0.25, 0.3) is 0 Å². The summed E-state index contributed by atoms with van der Waals surface area (Å²) >= 11 is 3.53. The number of carbonyl (C=O) groups excluding carboxylic acids is 1. The van der Waals surface area contributed by atoms with Gasteiger partial charge >= 0.3 is 0 Å². The molecule has 0 N–H and O–H groups in total. The minimum Gasteiger partial charge on any atom is -0.497 e. The van der Waals surface area contributed by atoms with E-state index in [1.807, 2.05) is 18.2 Å². The van der Waals surface area contributed by atoms with Crippen molar-refractivity contribution < 1.29 is 14.3 Å². The van der Waals surface area contributed by atoms with Crippen LogP contribution in [0.1, 0.15) is 0 Å². The van der Waals surface area contributed by atoms with Gasteiger partial charge in [0.2, 0.25) is 0 Å². The predicted molar refractivity (Wildman–Crippen MR) is 61.9 cm³/mol. The Kier molecular flexibility index (Phi) is 4.29. The Labute approximate surface area is 97.6 Å². The van der Waals surface area contributed by atoms with E-state index in [2.05, 4.69) is 15.9 Å². The first-order valence-electron chi connectivity index (χ1n) is 4.46. The van der Waals surface area contributed by atoms with Gasteiger partial charge in [0.1, 0.15) is 12.0 Å². The van der Waals surface area contributed by atoms with Crippen molar-refractivity contribution in [3.05, 3.63) is 36.1 Å². The molecule has 0 aromatic carbocycles. The van der Waals surface area contributed by atoms with E-state index in [1.165, 1.54) is 6.08 Å². The lowest BCUT2D eigenvalue weighted by atomic mass is 9.96. The van der Waals surface area contributed by atoms with Gasteiger partial charge in [0.05, 0.1) is 17.5 Å². The number of halogens is 1. The molecule has 0 aromatic rings. The third-order valence-electron chi connectivity index (χ3n) is 2.15. The van der Waals surface area contributed by atoms with Gasteiger partial charge in [-0.3, -0.25) is 4.79 Å². The fraction of sp³-hybridized carbons (Fsp3) is 0.364. The molecular formula is C11H13BrO3. The van der Waals surface area contributed by atoms with E-state index in [1.54, 1.807) is 20.3 Å². The number of alkyl halides is 1. The van der Waals surface area contributed by atoms with Crippen molar-refractivity contribution >= 4 is 22.2 Å². The third kappa shape index (κ3) is 2.79. The van der Waals surface area contributed by atoms with Crippen LogP contribution < -0.4 is 0 Å². The molecule has 2 atom stereocenters. The highest BCUT2D eigenvalue weighted by Crippen LogP contribution is 2.33. The predicted octanol–water partition coefficient (Wildman–Crippen LogP) is 1.99. The van der Waals surface area contributed by atoms with E-state index in [4.69, 9.17) is 9.47 Å². The average Bonchev–Trinajstić information content (AvgIpc) is 2.26. The summed E-state index contributed by atoms with van der Waals surface area (Å²) in [6.07, 6.45) is 9.31. The number of rotatable bonds is 4. The van der Waals surface area contributed by atoms with Gasteiger partial charge in [-0.2, -0.15) is 0 Å². The zero-order chi connectivity index (χ0) is 11.3. The molecule has 0 radical (unpaired) electrons. The van der Waals surface area contributed by atoms with Gasteiger partial charge in [-0.1, -0.05) is 28.1 Å². The summed E-state index contributed by atoms with van der Waals surface area (Å²) in [4.78, 5) is 10.3. The first kappa shape index (κ1) is 12.2. The van der Waals surface area contributed by atoms with E-state index < -0.39 is 4.32 Å². The summed E-state index contributed by atoms with van der Waals surface area (Å²) in [7, 11) is 3.21. The van der Waals surface area contributed by atoms with Crippen LogP contribution in [-0.4, -0.2) is 30.9 Å². The molecular weight excluding hydrogens is 260 g/mol. The second kappa shape index (κ2) is 5.28. The van der Waals surface area contributed by atoms with Gasteiger partial charge in [0, 0.05) is 7.11 Å². The molecule has 0 saturated carbocycles. The second-order valence-corrected chi connectivity index (χ2v) is 4.46. The monoisotopic (exact) mass is 272 g/mol. The van der Waals surface area contributed by atoms with E-state index in [-0.39, 0.29) is 6.10 Å². The van der Waals surface area contributed by atoms with Crippen molar-refractivity contribution in [2.45, 2.75) is 10.4 Å². The largest absolute Gasteiger partial charge is 0.497 e. The third-order valence-corrected chi connectivity index (χ3v) is 3.10. The molecule has 0 aliphatic heterocycles. The number of aldehydes is 1. The van der Waals surface area contributed by atoms with Gasteiger partial charge in [-0.25, -0.2) is 0 Å². The van der Waals surface area contributed by atoms with Gasteiger partial charge in [0.25, 0.3) is 0 Å². The lowest BCUT2D eigenvalue weighted by Gasteiger charge is -2.30. The molecule has 82 valence electrons. The first-order chi connectivity index (χ1) is 7.16. The van der Waals surface area contributed by atoms with E-state index in [9.17, 15) is 4.79 Å². The van der Waals surface area contributed by atoms with Gasteiger partial charge < -0.3 is 9.47 Å². The maximum Gasteiger partial charge on any atom is 0.142 e. The number of ether oxygens (including phenoxy) is 2. The Morgan fingerprint density at radius 1 is 1.53 bits per heavy atom. The normalized spacial score (nSPS) is 30.3. The van der Waals surface area contributed by atoms with Gasteiger partial charge in [0.15, 0.2) is 0 Å². The zero-order valence-electron chi connectivity index (χ0n) is 8.64. The maximum absolute atomic E-state index is 10.3. The molecule has 1 rings (SSSR count). The summed E-state index contributed by atoms with van der Waals surface area (Å²) in [5, 5.41) is 0. The van der Waals surface area contributed by atoms with Crippen LogP contribution in [0.3, 0.4) is 0 Å². The Bertz CT molecular complexity index is 320. The molecule has 0 fully saturated rings. The number of carbonyl (C=O) groups is 1. The van der Waals surface area contributed by atoms with Crippen molar-refractivity contribution in [1.29, 1.82) is 0 Å². The molecule has 0 aromatic heterocycles. The molecule has 0 amide bonds. The maximum atomic E-state index is 10.3. The van der Waals surface area contributed by atoms with Crippen molar-refractivity contribution in [2.24, 2.45) is 0 Å². The molecule has 4 heteroatoms. The van der Waals surface area contributed by atoms with Gasteiger partial charge in [-0.05, 0) is 18.2 Å². The van der Waals surface area contributed by atoms with E-state index in [0.717, 1.165) is 12.0 Å². The van der Waals surface area contributed by atoms with Crippen LogP contribution in [-0.2, 0) is 14.3 Å². The standard InChI is InChI=1S/C11H13BrO3/c1-14-9-4-5-10(15-2)11(12,8-9)6-3-7-13/h3-8,10H,1-2H3. The minimum atomic E-state index is -0.525. The van der Waals surface area contributed by atoms with Gasteiger partial charge in [-0.15, -0.1) is 0 Å². The highest BCUT2D eigenvalue weighted by Gasteiger charge is 2.33. The average molecular weight is 273 g/mol. The summed E-state index contributed by atoms with van der Waals surface area (Å²) < 4.78 is 9.90. The van der Waals surface area contributed by atoms with Crippen molar-refractivity contribution in [1.82, 2.24) is 0 Å². The summed E-state index contributed by atoms with van der Waals surface area (Å²) in [6.45, 7) is 0. The summed E-state index contributed by atoms with van der Waals surface area (Å²) in [5.41, 5.74) is 0. The van der Waals surface area contributed by atoms with Crippen LogP contribution in [0.2, 0.25) is 0 Å². The number of hydrogen-bond acceptors (Lipinski definition) is 3. The number of allylic oxidation sites excluding steroid dienone is 2. The minimum absolute atomic E-state index is 0.160. The molecule has 0 bridgehead atoms. The van der Waals surface area contributed by atoms with Crippen LogP contribution in [0.5, 0.6) is 0 Å². The topological polar surface area (TPSA) is 35.5 Å². The zero-order valence-corrected chi connectivity index (χ0v) is 10.2. The lowest BCUT2D eigenvalue weighted by molar-refractivity contribution is -0.104. The van der Waals surface area contributed by atoms with Crippen LogP contribution >= 0.6 is 15.9 Å². The highest BCUT2D eigenvalue weighted by molar-refractivity contribution is 9.10. The van der Waals surface area contributed by atoms with Crippen molar-refractivity contribution in [3.63, 3.8) is 0 Å². The Balaban J connectivity index is 2.99. The summed E-state index contributed by atoms with van der Waals surface area (Å²) in [5.74, 6) is 0.732. The fourth-order valence-electron chi connectivity index (χ4n) is 1.39. The molecule has 0 heterocycles. The summed E-state index contributed by atoms with van der Waals surface area (Å²) in [6, 6.07) is 0. The van der Waals surface area contributed by atoms with E-state index in [0.29, 0.717) is 0 Å². The fourth-order valence-corrected chi connectivity index (χ4v) is 2.11. The number of methoxy groups -OCH3 is 2. The van der Waals surface area contributed by atoms with Crippen LogP contribution in [0.15, 0.2) is 36.1 Å². The molecule has 15 heavy (non-hydrogen) atoms. The van der Waals surface area contributed by atoms with Crippen molar-refractivity contribution in [3.8, 4) is 0 Å². The molecule has 1 aliphatic rings. The molecule has 2 unspecified atom stereocenters. The molecule has 1 aliphatic carbocycles. The van der Waals surface area contributed by atoms with Crippen LogP contribution in [0.4, 0.5) is 0 Å². The molecule has 3 nitrogen and oxygen atoms in total. The Morgan fingerprint density at radius 3 is 2.80 bits per heavy atom.